The smallest absolute Gasteiger partial charge is 0.302 e. The first-order valence-corrected chi connectivity index (χ1v) is 15.8. The summed E-state index contributed by atoms with van der Waals surface area (Å²) in [6.07, 6.45) is 11.2. The van der Waals surface area contributed by atoms with Crippen LogP contribution in [0, 0.1) is 41.4 Å². The molecule has 6 nitrogen and oxygen atoms in total. The summed E-state index contributed by atoms with van der Waals surface area (Å²) in [5.74, 6) is 1.44. The average molecular weight is 545 g/mol. The van der Waals surface area contributed by atoms with E-state index in [0.29, 0.717) is 17.8 Å². The maximum atomic E-state index is 12.8. The van der Waals surface area contributed by atoms with Crippen molar-refractivity contribution in [2.75, 3.05) is 13.7 Å². The van der Waals surface area contributed by atoms with E-state index >= 15 is 0 Å². The second kappa shape index (κ2) is 10.4. The second-order valence-corrected chi connectivity index (χ2v) is 14.4. The van der Waals surface area contributed by atoms with Gasteiger partial charge >= 0.3 is 5.97 Å². The second-order valence-electron chi connectivity index (χ2n) is 12.8. The molecule has 4 aliphatic carbocycles. The van der Waals surface area contributed by atoms with E-state index in [-0.39, 0.29) is 46.4 Å². The van der Waals surface area contributed by atoms with E-state index in [1.54, 1.807) is 24.3 Å². The molecule has 0 N–H and O–H groups in total. The van der Waals surface area contributed by atoms with E-state index in [9.17, 15) is 13.2 Å². The summed E-state index contributed by atoms with van der Waals surface area (Å²) in [5, 5.41) is 0. The van der Waals surface area contributed by atoms with Crippen molar-refractivity contribution in [3.8, 4) is 0 Å². The van der Waals surface area contributed by atoms with Gasteiger partial charge in [0.05, 0.1) is 17.6 Å². The van der Waals surface area contributed by atoms with Crippen LogP contribution in [0.4, 0.5) is 0 Å². The highest BCUT2D eigenvalue weighted by molar-refractivity contribution is 7.86. The third-order valence-electron chi connectivity index (χ3n) is 10.5. The normalized spacial score (nSPS) is 36.9. The Morgan fingerprint density at radius 3 is 2.61 bits per heavy atom. The van der Waals surface area contributed by atoms with Crippen LogP contribution in [-0.4, -0.2) is 40.3 Å². The van der Waals surface area contributed by atoms with Gasteiger partial charge in [0.25, 0.3) is 10.1 Å². The van der Waals surface area contributed by atoms with E-state index in [4.69, 9.17) is 13.7 Å². The number of aryl methyl sites for hydroxylation is 1. The van der Waals surface area contributed by atoms with Crippen molar-refractivity contribution in [3.63, 3.8) is 0 Å². The van der Waals surface area contributed by atoms with E-state index in [2.05, 4.69) is 19.9 Å². The maximum absolute atomic E-state index is 12.8. The van der Waals surface area contributed by atoms with Gasteiger partial charge in [-0.2, -0.15) is 8.42 Å². The molecule has 5 rings (SSSR count). The van der Waals surface area contributed by atoms with E-state index in [1.165, 1.54) is 12.5 Å². The number of allylic oxidation sites excluding steroid dienone is 1. The minimum Gasteiger partial charge on any atom is -0.463 e. The monoisotopic (exact) mass is 544 g/mol. The zero-order valence-electron chi connectivity index (χ0n) is 23.6. The number of carbonyl (C=O) groups excluding carboxylic acids is 1. The van der Waals surface area contributed by atoms with Gasteiger partial charge in [0.15, 0.2) is 0 Å². The van der Waals surface area contributed by atoms with Crippen molar-refractivity contribution in [1.82, 2.24) is 0 Å². The highest BCUT2D eigenvalue weighted by atomic mass is 32.2. The lowest BCUT2D eigenvalue weighted by molar-refractivity contribution is -0.146. The Bertz CT molecular complexity index is 1170. The summed E-state index contributed by atoms with van der Waals surface area (Å²) in [5.41, 5.74) is 2.78. The molecule has 1 aromatic rings. The highest BCUT2D eigenvalue weighted by Gasteiger charge is 2.65. The number of rotatable bonds is 9. The van der Waals surface area contributed by atoms with Crippen LogP contribution in [0.1, 0.15) is 77.7 Å². The van der Waals surface area contributed by atoms with E-state index in [0.717, 1.165) is 56.9 Å². The Kier molecular flexibility index (Phi) is 7.60. The Hall–Kier alpha value is -1.70. The van der Waals surface area contributed by atoms with Gasteiger partial charge in [-0.1, -0.05) is 43.2 Å². The van der Waals surface area contributed by atoms with Crippen molar-refractivity contribution < 1.29 is 26.9 Å². The molecule has 0 spiro atoms. The molecule has 4 saturated carbocycles. The van der Waals surface area contributed by atoms with Crippen LogP contribution in [0.5, 0.6) is 0 Å². The molecule has 0 aliphatic heterocycles. The Morgan fingerprint density at radius 1 is 1.18 bits per heavy atom. The number of methoxy groups -OCH3 is 1. The topological polar surface area (TPSA) is 78.9 Å². The molecular formula is C31H44O6S. The molecular weight excluding hydrogens is 500 g/mol. The number of esters is 1. The molecule has 38 heavy (non-hydrogen) atoms. The van der Waals surface area contributed by atoms with Crippen LogP contribution < -0.4 is 0 Å². The number of fused-ring (bicyclic) bond motifs is 2. The van der Waals surface area contributed by atoms with Gasteiger partial charge in [0.1, 0.15) is 6.10 Å². The predicted octanol–water partition coefficient (Wildman–Crippen LogP) is 6.23. The first-order chi connectivity index (χ1) is 18.0. The molecule has 0 heterocycles. The van der Waals surface area contributed by atoms with Gasteiger partial charge in [-0.05, 0) is 99.5 Å². The quantitative estimate of drug-likeness (QED) is 0.208. The lowest BCUT2D eigenvalue weighted by Gasteiger charge is -2.44. The number of benzene rings is 1. The van der Waals surface area contributed by atoms with Crippen LogP contribution in [0.3, 0.4) is 0 Å². The molecule has 4 fully saturated rings. The SMILES string of the molecule is COC(/C=C1\CCC[C@@]2(C)C1CCC2[C@H](C)COS(=O)(=O)c1ccc(C)cc1)C12CC1C[C@H](OC(C)=O)C2. The van der Waals surface area contributed by atoms with Crippen molar-refractivity contribution in [2.24, 2.45) is 34.5 Å². The Morgan fingerprint density at radius 2 is 1.92 bits per heavy atom. The molecule has 0 aromatic heterocycles. The van der Waals surface area contributed by atoms with Crippen molar-refractivity contribution in [3.05, 3.63) is 41.5 Å². The molecule has 210 valence electrons. The molecule has 0 saturated heterocycles. The zero-order valence-corrected chi connectivity index (χ0v) is 24.4. The Labute approximate surface area is 228 Å². The lowest BCUT2D eigenvalue weighted by Crippen LogP contribution is -2.38. The molecule has 5 unspecified atom stereocenters. The summed E-state index contributed by atoms with van der Waals surface area (Å²) < 4.78 is 42.9. The van der Waals surface area contributed by atoms with Gasteiger partial charge in [-0.15, -0.1) is 0 Å². The molecule has 4 aliphatic rings. The lowest BCUT2D eigenvalue weighted by atomic mass is 9.61. The van der Waals surface area contributed by atoms with Gasteiger partial charge in [-0.25, -0.2) is 0 Å². The summed E-state index contributed by atoms with van der Waals surface area (Å²) in [4.78, 5) is 11.7. The number of hydrogen-bond donors (Lipinski definition) is 0. The number of carbonyl (C=O) groups is 1. The van der Waals surface area contributed by atoms with Crippen molar-refractivity contribution >= 4 is 16.1 Å². The standard InChI is InChI=1S/C31H44O6S/c1-20-8-10-26(11-9-20)38(33,34)36-19-21(2)27-12-13-28-23(7-6-14-30(27,28)4)15-29(35-5)31-17-24(31)16-25(18-31)37-22(3)32/h8-11,15,21,24-25,27-29H,6-7,12-14,16-19H2,1-5H3/b23-15+/t21-,24?,25+,27?,28?,29?,30-,31?/m1/s1. The molecule has 7 heteroatoms. The van der Waals surface area contributed by atoms with Crippen LogP contribution >= 0.6 is 0 Å². The fourth-order valence-corrected chi connectivity index (χ4v) is 9.54. The minimum absolute atomic E-state index is 0.0202. The molecule has 0 amide bonds. The van der Waals surface area contributed by atoms with Crippen LogP contribution in [0.25, 0.3) is 0 Å². The average Bonchev–Trinajstić information content (AvgIpc) is 3.23. The summed E-state index contributed by atoms with van der Waals surface area (Å²) in [6, 6.07) is 6.85. The van der Waals surface area contributed by atoms with E-state index < -0.39 is 10.1 Å². The minimum atomic E-state index is -3.76. The van der Waals surface area contributed by atoms with E-state index in [1.807, 2.05) is 14.0 Å². The Balaban J connectivity index is 1.27. The third kappa shape index (κ3) is 5.11. The maximum Gasteiger partial charge on any atom is 0.302 e. The number of ether oxygens (including phenoxy) is 2. The summed E-state index contributed by atoms with van der Waals surface area (Å²) in [7, 11) is -1.95. The van der Waals surface area contributed by atoms with Gasteiger partial charge < -0.3 is 9.47 Å². The van der Waals surface area contributed by atoms with Crippen LogP contribution in [-0.2, 0) is 28.6 Å². The fraction of sp³-hybridized carbons (Fsp3) is 0.710. The van der Waals surface area contributed by atoms with Gasteiger partial charge in [-0.3, -0.25) is 8.98 Å². The molecule has 0 radical (unpaired) electrons. The highest BCUT2D eigenvalue weighted by Crippen LogP contribution is 2.67. The van der Waals surface area contributed by atoms with Crippen molar-refractivity contribution in [2.45, 2.75) is 96.2 Å². The van der Waals surface area contributed by atoms with Gasteiger partial charge in [0, 0.05) is 19.4 Å². The predicted molar refractivity (Wildman–Crippen MR) is 146 cm³/mol. The third-order valence-corrected chi connectivity index (χ3v) is 11.8. The van der Waals surface area contributed by atoms with Crippen molar-refractivity contribution in [1.29, 1.82) is 0 Å². The van der Waals surface area contributed by atoms with Crippen LogP contribution in [0.2, 0.25) is 0 Å². The molecule has 1 aromatic carbocycles. The largest absolute Gasteiger partial charge is 0.463 e. The summed E-state index contributed by atoms with van der Waals surface area (Å²) in [6.45, 7) is 8.22. The van der Waals surface area contributed by atoms with Gasteiger partial charge in [0.2, 0.25) is 0 Å². The molecule has 0 bridgehead atoms. The van der Waals surface area contributed by atoms with Crippen LogP contribution in [0.15, 0.2) is 40.8 Å². The first-order valence-electron chi connectivity index (χ1n) is 14.4. The summed E-state index contributed by atoms with van der Waals surface area (Å²) >= 11 is 0. The molecule has 8 atom stereocenters. The fourth-order valence-electron chi connectivity index (χ4n) is 8.54. The first kappa shape index (κ1) is 27.9. The number of hydrogen-bond acceptors (Lipinski definition) is 6. The zero-order chi connectivity index (χ0) is 27.3.